The number of rotatable bonds is 5. The van der Waals surface area contributed by atoms with Crippen LogP contribution in [0.4, 0.5) is 5.69 Å². The highest BCUT2D eigenvalue weighted by Gasteiger charge is 2.39. The summed E-state index contributed by atoms with van der Waals surface area (Å²) in [5.41, 5.74) is 3.26. The fourth-order valence-corrected chi connectivity index (χ4v) is 5.86. The van der Waals surface area contributed by atoms with E-state index >= 15 is 0 Å². The van der Waals surface area contributed by atoms with Crippen LogP contribution in [-0.2, 0) is 23.2 Å². The summed E-state index contributed by atoms with van der Waals surface area (Å²) in [5, 5.41) is 5.40. The zero-order valence-electron chi connectivity index (χ0n) is 19.3. The van der Waals surface area contributed by atoms with Crippen LogP contribution in [-0.4, -0.2) is 29.2 Å². The number of aryl methyl sites for hydroxylation is 1. The number of carbonyl (C=O) groups is 2. The first-order valence-corrected chi connectivity index (χ1v) is 12.5. The maximum Gasteiger partial charge on any atom is 0.248 e. The standard InChI is InChI=1S/C27H24ClN3O3S/c1-30-21-12-5-4-11-20(21)24-25(26(33)29-15-17-8-3-6-13-22(17)34-2)31(23(32)16-35-27(24)30)19-10-7-9-18(28)14-19/h3-14,25H,15-16H2,1-2H3,(H,29,33)/t25-/m1/s1. The molecule has 8 heteroatoms. The van der Waals surface area contributed by atoms with Gasteiger partial charge in [-0.2, -0.15) is 0 Å². The lowest BCUT2D eigenvalue weighted by atomic mass is 10.0. The van der Waals surface area contributed by atoms with Crippen LogP contribution in [0.2, 0.25) is 5.02 Å². The van der Waals surface area contributed by atoms with E-state index in [0.717, 1.165) is 27.1 Å². The lowest BCUT2D eigenvalue weighted by molar-refractivity contribution is -0.125. The van der Waals surface area contributed by atoms with Crippen LogP contribution >= 0.6 is 23.4 Å². The van der Waals surface area contributed by atoms with Crippen LogP contribution in [0.5, 0.6) is 5.75 Å². The third-order valence-corrected chi connectivity index (χ3v) is 7.60. The fraction of sp³-hybridized carbons (Fsp3) is 0.185. The van der Waals surface area contributed by atoms with Gasteiger partial charge in [0.2, 0.25) is 11.8 Å². The summed E-state index contributed by atoms with van der Waals surface area (Å²) < 4.78 is 7.50. The molecular formula is C27H24ClN3O3S. The number of thioether (sulfide) groups is 1. The van der Waals surface area contributed by atoms with E-state index in [2.05, 4.69) is 9.88 Å². The van der Waals surface area contributed by atoms with Gasteiger partial charge in [-0.25, -0.2) is 0 Å². The lowest BCUT2D eigenvalue weighted by Gasteiger charge is -2.30. The molecule has 3 aromatic carbocycles. The molecule has 1 aliphatic rings. The van der Waals surface area contributed by atoms with Crippen molar-refractivity contribution in [3.8, 4) is 5.75 Å². The zero-order valence-corrected chi connectivity index (χ0v) is 20.9. The highest BCUT2D eigenvalue weighted by Crippen LogP contribution is 2.43. The van der Waals surface area contributed by atoms with Crippen LogP contribution in [0.1, 0.15) is 17.2 Å². The average molecular weight is 506 g/mol. The van der Waals surface area contributed by atoms with Crippen LogP contribution in [0.25, 0.3) is 10.9 Å². The lowest BCUT2D eigenvalue weighted by Crippen LogP contribution is -2.43. The van der Waals surface area contributed by atoms with Crippen molar-refractivity contribution in [2.24, 2.45) is 7.05 Å². The molecule has 1 aliphatic heterocycles. The van der Waals surface area contributed by atoms with E-state index in [9.17, 15) is 9.59 Å². The molecule has 2 amide bonds. The molecule has 178 valence electrons. The highest BCUT2D eigenvalue weighted by atomic mass is 35.5. The van der Waals surface area contributed by atoms with Crippen molar-refractivity contribution in [1.82, 2.24) is 9.88 Å². The predicted octanol–water partition coefficient (Wildman–Crippen LogP) is 5.34. The third-order valence-electron chi connectivity index (χ3n) is 6.20. The second kappa shape index (κ2) is 9.68. The normalized spacial score (nSPS) is 15.6. The number of ether oxygens (including phenoxy) is 1. The van der Waals surface area contributed by atoms with Crippen molar-refractivity contribution in [3.05, 3.63) is 88.9 Å². The predicted molar refractivity (Wildman–Crippen MR) is 140 cm³/mol. The molecule has 1 atom stereocenters. The average Bonchev–Trinajstić information content (AvgIpc) is 3.05. The number of halogens is 1. The Bertz CT molecular complexity index is 1430. The van der Waals surface area contributed by atoms with Crippen LogP contribution in [0.15, 0.2) is 77.8 Å². The first-order chi connectivity index (χ1) is 17.0. The topological polar surface area (TPSA) is 63.6 Å². The van der Waals surface area contributed by atoms with E-state index in [4.69, 9.17) is 16.3 Å². The van der Waals surface area contributed by atoms with Gasteiger partial charge in [0, 0.05) is 46.3 Å². The largest absolute Gasteiger partial charge is 0.496 e. The second-order valence-electron chi connectivity index (χ2n) is 8.26. The SMILES string of the molecule is COc1ccccc1CNC(=O)[C@H]1c2c(n(C)c3ccccc23)SCC(=O)N1c1cccc(Cl)c1. The Balaban J connectivity index is 1.64. The number of methoxy groups -OCH3 is 1. The molecular weight excluding hydrogens is 482 g/mol. The van der Waals surface area contributed by atoms with Crippen molar-refractivity contribution < 1.29 is 14.3 Å². The molecule has 5 rings (SSSR count). The highest BCUT2D eigenvalue weighted by molar-refractivity contribution is 8.00. The number of amides is 2. The molecule has 2 heterocycles. The van der Waals surface area contributed by atoms with Gasteiger partial charge in [-0.15, -0.1) is 0 Å². The Kier molecular flexibility index (Phi) is 6.45. The van der Waals surface area contributed by atoms with Gasteiger partial charge >= 0.3 is 0 Å². The molecule has 1 aromatic heterocycles. The summed E-state index contributed by atoms with van der Waals surface area (Å²) in [6.07, 6.45) is 0. The monoisotopic (exact) mass is 505 g/mol. The summed E-state index contributed by atoms with van der Waals surface area (Å²) >= 11 is 7.75. The van der Waals surface area contributed by atoms with Gasteiger partial charge in [0.15, 0.2) is 0 Å². The van der Waals surface area contributed by atoms with Crippen LogP contribution in [0.3, 0.4) is 0 Å². The van der Waals surface area contributed by atoms with Gasteiger partial charge in [0.05, 0.1) is 17.9 Å². The number of aromatic nitrogens is 1. The molecule has 35 heavy (non-hydrogen) atoms. The zero-order chi connectivity index (χ0) is 24.5. The molecule has 1 N–H and O–H groups in total. The number of benzene rings is 3. The maximum atomic E-state index is 14.0. The number of para-hydroxylation sites is 2. The molecule has 0 fully saturated rings. The molecule has 6 nitrogen and oxygen atoms in total. The minimum Gasteiger partial charge on any atom is -0.496 e. The Morgan fingerprint density at radius 3 is 2.69 bits per heavy atom. The molecule has 0 unspecified atom stereocenters. The fourth-order valence-electron chi connectivity index (χ4n) is 4.61. The number of hydrogen-bond acceptors (Lipinski definition) is 4. The van der Waals surface area contributed by atoms with Crippen molar-refractivity contribution in [2.75, 3.05) is 17.8 Å². The maximum absolute atomic E-state index is 14.0. The molecule has 0 radical (unpaired) electrons. The first-order valence-electron chi connectivity index (χ1n) is 11.2. The number of carbonyl (C=O) groups excluding carboxylic acids is 2. The van der Waals surface area contributed by atoms with E-state index in [-0.39, 0.29) is 24.1 Å². The first kappa shape index (κ1) is 23.3. The minimum absolute atomic E-state index is 0.157. The van der Waals surface area contributed by atoms with E-state index in [1.807, 2.05) is 61.6 Å². The van der Waals surface area contributed by atoms with Gasteiger partial charge in [-0.1, -0.05) is 65.8 Å². The Labute approximate surface area is 212 Å². The van der Waals surface area contributed by atoms with E-state index in [0.29, 0.717) is 16.5 Å². The van der Waals surface area contributed by atoms with Gasteiger partial charge in [-0.05, 0) is 30.3 Å². The third kappa shape index (κ3) is 4.26. The molecule has 0 saturated heterocycles. The Morgan fingerprint density at radius 2 is 1.89 bits per heavy atom. The van der Waals surface area contributed by atoms with Crippen LogP contribution < -0.4 is 15.0 Å². The molecule has 0 aliphatic carbocycles. The molecule has 0 bridgehead atoms. The summed E-state index contributed by atoms with van der Waals surface area (Å²) in [6.45, 7) is 0.268. The van der Waals surface area contributed by atoms with Crippen molar-refractivity contribution in [1.29, 1.82) is 0 Å². The van der Waals surface area contributed by atoms with E-state index in [1.165, 1.54) is 11.8 Å². The summed E-state index contributed by atoms with van der Waals surface area (Å²) in [6, 6.07) is 21.7. The van der Waals surface area contributed by atoms with E-state index in [1.54, 1.807) is 30.2 Å². The summed E-state index contributed by atoms with van der Waals surface area (Å²) in [7, 11) is 3.57. The smallest absolute Gasteiger partial charge is 0.248 e. The van der Waals surface area contributed by atoms with E-state index < -0.39 is 6.04 Å². The molecule has 4 aromatic rings. The number of nitrogens with zero attached hydrogens (tertiary/aromatic N) is 2. The summed E-state index contributed by atoms with van der Waals surface area (Å²) in [5.74, 6) is 0.470. The van der Waals surface area contributed by atoms with Gasteiger partial charge in [0.25, 0.3) is 0 Å². The minimum atomic E-state index is -0.869. The number of anilines is 1. The van der Waals surface area contributed by atoms with Crippen molar-refractivity contribution in [3.63, 3.8) is 0 Å². The number of hydrogen-bond donors (Lipinski definition) is 1. The van der Waals surface area contributed by atoms with Crippen molar-refractivity contribution in [2.45, 2.75) is 17.6 Å². The van der Waals surface area contributed by atoms with Crippen LogP contribution in [0, 0.1) is 0 Å². The molecule has 0 spiro atoms. The van der Waals surface area contributed by atoms with Gasteiger partial charge < -0.3 is 14.6 Å². The molecule has 0 saturated carbocycles. The number of fused-ring (bicyclic) bond motifs is 3. The quantitative estimate of drug-likeness (QED) is 0.398. The van der Waals surface area contributed by atoms with Gasteiger partial charge in [0.1, 0.15) is 11.8 Å². The van der Waals surface area contributed by atoms with Gasteiger partial charge in [-0.3, -0.25) is 14.5 Å². The Morgan fingerprint density at radius 1 is 1.11 bits per heavy atom. The Hall–Kier alpha value is -3.42. The second-order valence-corrected chi connectivity index (χ2v) is 9.66. The van der Waals surface area contributed by atoms with Crippen molar-refractivity contribution >= 4 is 51.8 Å². The number of nitrogens with one attached hydrogen (secondary N) is 1. The summed E-state index contributed by atoms with van der Waals surface area (Å²) in [4.78, 5) is 29.0.